The second-order valence-electron chi connectivity index (χ2n) is 7.64. The molecule has 1 aromatic heterocycles. The van der Waals surface area contributed by atoms with Crippen molar-refractivity contribution < 1.29 is 21.6 Å². The van der Waals surface area contributed by atoms with Gasteiger partial charge in [-0.3, -0.25) is 4.98 Å². The molecular weight excluding hydrogens is 447 g/mol. The van der Waals surface area contributed by atoms with Gasteiger partial charge in [0.2, 0.25) is 0 Å². The summed E-state index contributed by atoms with van der Waals surface area (Å²) in [6.45, 7) is 3.44. The topological polar surface area (TPSA) is 47.0 Å². The highest BCUT2D eigenvalue weighted by atomic mass is 32.2. The molecule has 0 saturated carbocycles. The zero-order chi connectivity index (χ0) is 23.8. The molecule has 0 aliphatic heterocycles. The number of alkyl halides is 3. The van der Waals surface area contributed by atoms with Gasteiger partial charge in [-0.25, -0.2) is 8.42 Å². The first-order valence-electron chi connectivity index (χ1n) is 10.2. The first-order valence-corrected chi connectivity index (χ1v) is 11.7. The van der Waals surface area contributed by atoms with Crippen molar-refractivity contribution in [1.82, 2.24) is 4.98 Å². The molecule has 168 valence electrons. The van der Waals surface area contributed by atoms with E-state index < -0.39 is 21.6 Å². The van der Waals surface area contributed by atoms with Crippen molar-refractivity contribution in [1.29, 1.82) is 0 Å². The first-order chi connectivity index (χ1) is 15.6. The maximum absolute atomic E-state index is 13.5. The highest BCUT2D eigenvalue weighted by molar-refractivity contribution is 7.94. The van der Waals surface area contributed by atoms with E-state index in [0.29, 0.717) is 16.5 Å². The van der Waals surface area contributed by atoms with Gasteiger partial charge in [0.15, 0.2) is 9.84 Å². The van der Waals surface area contributed by atoms with Crippen molar-refractivity contribution >= 4 is 20.7 Å². The van der Waals surface area contributed by atoms with E-state index in [1.165, 1.54) is 24.4 Å². The van der Waals surface area contributed by atoms with Gasteiger partial charge in [0, 0.05) is 17.0 Å². The van der Waals surface area contributed by atoms with Crippen LogP contribution in [0.3, 0.4) is 0 Å². The monoisotopic (exact) mass is 467 g/mol. The molecule has 7 heteroatoms. The first kappa shape index (κ1) is 22.7. The lowest BCUT2D eigenvalue weighted by Gasteiger charge is -2.15. The van der Waals surface area contributed by atoms with Gasteiger partial charge >= 0.3 is 6.18 Å². The van der Waals surface area contributed by atoms with Gasteiger partial charge in [-0.15, -0.1) is 0 Å². The van der Waals surface area contributed by atoms with Crippen LogP contribution in [0.5, 0.6) is 0 Å². The quantitative estimate of drug-likeness (QED) is 0.319. The predicted octanol–water partition coefficient (Wildman–Crippen LogP) is 7.20. The number of para-hydroxylation sites is 1. The number of nitrogens with zero attached hydrogens (tertiary/aromatic N) is 1. The summed E-state index contributed by atoms with van der Waals surface area (Å²) < 4.78 is 65.4. The average molecular weight is 468 g/mol. The van der Waals surface area contributed by atoms with Crippen molar-refractivity contribution in [2.45, 2.75) is 24.9 Å². The van der Waals surface area contributed by atoms with Gasteiger partial charge in [0.1, 0.15) is 0 Å². The van der Waals surface area contributed by atoms with Crippen molar-refractivity contribution in [3.8, 4) is 22.3 Å². The number of aryl methyl sites for hydroxylation is 1. The number of hydrogen-bond acceptors (Lipinski definition) is 3. The van der Waals surface area contributed by atoms with Crippen LogP contribution in [-0.4, -0.2) is 13.4 Å². The second kappa shape index (κ2) is 8.48. The van der Waals surface area contributed by atoms with Crippen molar-refractivity contribution in [3.05, 3.63) is 95.5 Å². The molecule has 4 rings (SSSR count). The summed E-state index contributed by atoms with van der Waals surface area (Å²) in [6.07, 6.45) is -1.60. The Bertz CT molecular complexity index is 1490. The van der Waals surface area contributed by atoms with E-state index in [4.69, 9.17) is 0 Å². The molecular formula is C26H20F3NO2S. The fraction of sp³-hybridized carbons (Fsp3) is 0.115. The number of pyridine rings is 1. The van der Waals surface area contributed by atoms with Gasteiger partial charge in [0.25, 0.3) is 0 Å². The summed E-state index contributed by atoms with van der Waals surface area (Å²) in [7, 11) is -3.55. The number of allylic oxidation sites excluding steroid dienone is 1. The highest BCUT2D eigenvalue weighted by Gasteiger charge is 2.33. The normalized spacial score (nSPS) is 12.5. The van der Waals surface area contributed by atoms with Crippen LogP contribution in [0.4, 0.5) is 13.2 Å². The number of sulfone groups is 1. The van der Waals surface area contributed by atoms with E-state index in [1.807, 2.05) is 18.2 Å². The SMILES string of the molecule is C/C=C\S(=O)(=O)c1cccc(-c2cccc(-c3c(C)cnc4c(C(F)(F)F)cccc34)c2)c1. The Morgan fingerprint density at radius 1 is 0.879 bits per heavy atom. The minimum absolute atomic E-state index is 0.101. The van der Waals surface area contributed by atoms with E-state index in [2.05, 4.69) is 4.98 Å². The molecule has 0 N–H and O–H groups in total. The predicted molar refractivity (Wildman–Crippen MR) is 124 cm³/mol. The zero-order valence-electron chi connectivity index (χ0n) is 17.9. The fourth-order valence-corrected chi connectivity index (χ4v) is 4.97. The molecule has 0 amide bonds. The lowest BCUT2D eigenvalue weighted by Crippen LogP contribution is -2.07. The van der Waals surface area contributed by atoms with Crippen LogP contribution in [0.15, 0.2) is 89.3 Å². The lowest BCUT2D eigenvalue weighted by molar-refractivity contribution is -0.136. The van der Waals surface area contributed by atoms with Gasteiger partial charge < -0.3 is 0 Å². The number of fused-ring (bicyclic) bond motifs is 1. The number of benzene rings is 3. The summed E-state index contributed by atoms with van der Waals surface area (Å²) in [4.78, 5) is 4.25. The zero-order valence-corrected chi connectivity index (χ0v) is 18.7. The molecule has 0 atom stereocenters. The third-order valence-corrected chi connectivity index (χ3v) is 6.90. The molecule has 0 aliphatic rings. The number of halogens is 3. The summed E-state index contributed by atoms with van der Waals surface area (Å²) in [5.41, 5.74) is 2.68. The van der Waals surface area contributed by atoms with Crippen LogP contribution in [0.2, 0.25) is 0 Å². The molecule has 0 aliphatic carbocycles. The number of aromatic nitrogens is 1. The molecule has 0 bridgehead atoms. The van der Waals surface area contributed by atoms with Crippen LogP contribution < -0.4 is 0 Å². The van der Waals surface area contributed by atoms with Crippen molar-refractivity contribution in [3.63, 3.8) is 0 Å². The molecule has 0 fully saturated rings. The smallest absolute Gasteiger partial charge is 0.255 e. The van der Waals surface area contributed by atoms with Crippen LogP contribution in [-0.2, 0) is 16.0 Å². The Morgan fingerprint density at radius 2 is 1.52 bits per heavy atom. The van der Waals surface area contributed by atoms with Gasteiger partial charge in [-0.2, -0.15) is 13.2 Å². The summed E-state index contributed by atoms with van der Waals surface area (Å²) in [6, 6.07) is 18.0. The van der Waals surface area contributed by atoms with E-state index in [9.17, 15) is 21.6 Å². The van der Waals surface area contributed by atoms with Crippen LogP contribution in [0.1, 0.15) is 18.1 Å². The van der Waals surface area contributed by atoms with Crippen molar-refractivity contribution in [2.75, 3.05) is 0 Å². The number of rotatable bonds is 4. The second-order valence-corrected chi connectivity index (χ2v) is 9.47. The Hall–Kier alpha value is -3.45. The fourth-order valence-electron chi connectivity index (χ4n) is 3.90. The van der Waals surface area contributed by atoms with Crippen LogP contribution in [0, 0.1) is 6.92 Å². The van der Waals surface area contributed by atoms with Crippen LogP contribution in [0.25, 0.3) is 33.2 Å². The molecule has 3 aromatic carbocycles. The molecule has 4 aromatic rings. The third-order valence-electron chi connectivity index (χ3n) is 5.35. The van der Waals surface area contributed by atoms with E-state index in [0.717, 1.165) is 28.2 Å². The van der Waals surface area contributed by atoms with Gasteiger partial charge in [0.05, 0.1) is 16.0 Å². The standard InChI is InChI=1S/C26H20F3NO2S/c1-3-13-33(31,32)21-10-5-8-19(15-21)18-7-4-9-20(14-18)24-17(2)16-30-25-22(24)11-6-12-23(25)26(27,28)29/h3-16H,1-2H3/b13-3-. The Kier molecular flexibility index (Phi) is 5.84. The van der Waals surface area contributed by atoms with Crippen LogP contribution >= 0.6 is 0 Å². The van der Waals surface area contributed by atoms with Gasteiger partial charge in [-0.05, 0) is 65.9 Å². The lowest BCUT2D eigenvalue weighted by atomic mass is 9.93. The average Bonchev–Trinajstić information content (AvgIpc) is 2.78. The minimum Gasteiger partial charge on any atom is -0.255 e. The van der Waals surface area contributed by atoms with E-state index >= 15 is 0 Å². The molecule has 33 heavy (non-hydrogen) atoms. The Labute approximate surface area is 190 Å². The summed E-state index contributed by atoms with van der Waals surface area (Å²) in [5.74, 6) is 0. The maximum Gasteiger partial charge on any atom is 0.418 e. The molecule has 0 spiro atoms. The Morgan fingerprint density at radius 3 is 2.21 bits per heavy atom. The van der Waals surface area contributed by atoms with Crippen molar-refractivity contribution in [2.24, 2.45) is 0 Å². The van der Waals surface area contributed by atoms with E-state index in [1.54, 1.807) is 44.2 Å². The highest BCUT2D eigenvalue weighted by Crippen LogP contribution is 2.39. The molecule has 3 nitrogen and oxygen atoms in total. The largest absolute Gasteiger partial charge is 0.418 e. The Balaban J connectivity index is 1.89. The number of hydrogen-bond donors (Lipinski definition) is 0. The molecule has 0 unspecified atom stereocenters. The third kappa shape index (κ3) is 4.41. The van der Waals surface area contributed by atoms with E-state index in [-0.39, 0.29) is 10.4 Å². The minimum atomic E-state index is -4.51. The molecule has 0 radical (unpaired) electrons. The maximum atomic E-state index is 13.5. The molecule has 0 saturated heterocycles. The summed E-state index contributed by atoms with van der Waals surface area (Å²) in [5, 5.41) is 1.55. The molecule has 1 heterocycles. The summed E-state index contributed by atoms with van der Waals surface area (Å²) >= 11 is 0. The van der Waals surface area contributed by atoms with Gasteiger partial charge in [-0.1, -0.05) is 48.5 Å².